The van der Waals surface area contributed by atoms with Crippen LogP contribution in [0.15, 0.2) is 24.3 Å². The summed E-state index contributed by atoms with van der Waals surface area (Å²) >= 11 is 0. The van der Waals surface area contributed by atoms with Gasteiger partial charge in [-0.15, -0.1) is 6.42 Å². The van der Waals surface area contributed by atoms with Gasteiger partial charge in [0.25, 0.3) is 0 Å². The highest BCUT2D eigenvalue weighted by atomic mass is 19.1. The fraction of sp³-hybridized carbons (Fsp3) is 0.312. The van der Waals surface area contributed by atoms with Gasteiger partial charge in [0.05, 0.1) is 12.2 Å². The van der Waals surface area contributed by atoms with Crippen LogP contribution in [0.3, 0.4) is 0 Å². The number of aliphatic carboxylic acids is 1. The highest BCUT2D eigenvalue weighted by molar-refractivity contribution is 5.87. The molecule has 1 aliphatic carbocycles. The Morgan fingerprint density at radius 2 is 2.30 bits per heavy atom. The molecular weight excluding hydrogens is 257 g/mol. The SMILES string of the molecule is C#CCN(CC1CC1)c1c(F)cccc1/C=C/C(=O)O. The summed E-state index contributed by atoms with van der Waals surface area (Å²) in [4.78, 5) is 12.4. The molecule has 0 amide bonds. The molecule has 1 saturated carbocycles. The van der Waals surface area contributed by atoms with Crippen LogP contribution < -0.4 is 4.90 Å². The molecule has 4 heteroatoms. The van der Waals surface area contributed by atoms with Crippen LogP contribution in [0.5, 0.6) is 0 Å². The predicted molar refractivity (Wildman–Crippen MR) is 76.8 cm³/mol. The Labute approximate surface area is 117 Å². The third-order valence-electron chi connectivity index (χ3n) is 3.20. The molecule has 2 rings (SSSR count). The highest BCUT2D eigenvalue weighted by Gasteiger charge is 2.26. The monoisotopic (exact) mass is 273 g/mol. The fourth-order valence-corrected chi connectivity index (χ4v) is 2.12. The first-order chi connectivity index (χ1) is 9.61. The van der Waals surface area contributed by atoms with Crippen LogP contribution in [0.4, 0.5) is 10.1 Å². The van der Waals surface area contributed by atoms with Crippen LogP contribution in [0, 0.1) is 24.1 Å². The second-order valence-electron chi connectivity index (χ2n) is 4.88. The van der Waals surface area contributed by atoms with Crippen molar-refractivity contribution in [3.05, 3.63) is 35.7 Å². The Bertz CT molecular complexity index is 570. The number of carboxylic acid groups (broad SMARTS) is 1. The molecular formula is C16H16FNO2. The smallest absolute Gasteiger partial charge is 0.328 e. The van der Waals surface area contributed by atoms with E-state index in [0.29, 0.717) is 30.3 Å². The lowest BCUT2D eigenvalue weighted by Gasteiger charge is -2.24. The number of halogens is 1. The molecule has 0 heterocycles. The molecule has 1 fully saturated rings. The quantitative estimate of drug-likeness (QED) is 0.640. The highest BCUT2D eigenvalue weighted by Crippen LogP contribution is 2.33. The van der Waals surface area contributed by atoms with Gasteiger partial charge < -0.3 is 10.0 Å². The Morgan fingerprint density at radius 3 is 2.90 bits per heavy atom. The van der Waals surface area contributed by atoms with E-state index >= 15 is 0 Å². The van der Waals surface area contributed by atoms with E-state index in [1.54, 1.807) is 12.1 Å². The van der Waals surface area contributed by atoms with Crippen LogP contribution in [-0.4, -0.2) is 24.2 Å². The van der Waals surface area contributed by atoms with E-state index in [1.807, 2.05) is 4.90 Å². The van der Waals surface area contributed by atoms with Gasteiger partial charge in [0.1, 0.15) is 5.82 Å². The zero-order valence-corrected chi connectivity index (χ0v) is 11.1. The fourth-order valence-electron chi connectivity index (χ4n) is 2.12. The van der Waals surface area contributed by atoms with Crippen molar-refractivity contribution in [3.8, 4) is 12.3 Å². The van der Waals surface area contributed by atoms with Crippen molar-refractivity contribution >= 4 is 17.7 Å². The van der Waals surface area contributed by atoms with Crippen molar-refractivity contribution in [3.63, 3.8) is 0 Å². The Balaban J connectivity index is 2.35. The third-order valence-corrected chi connectivity index (χ3v) is 3.20. The molecule has 0 aliphatic heterocycles. The maximum Gasteiger partial charge on any atom is 0.328 e. The molecule has 0 atom stereocenters. The number of terminal acetylenes is 1. The molecule has 3 nitrogen and oxygen atoms in total. The summed E-state index contributed by atoms with van der Waals surface area (Å²) in [6, 6.07) is 4.61. The minimum absolute atomic E-state index is 0.311. The Morgan fingerprint density at radius 1 is 1.55 bits per heavy atom. The number of anilines is 1. The second-order valence-corrected chi connectivity index (χ2v) is 4.88. The summed E-state index contributed by atoms with van der Waals surface area (Å²) in [5.74, 6) is 1.65. The number of hydrogen-bond acceptors (Lipinski definition) is 2. The summed E-state index contributed by atoms with van der Waals surface area (Å²) in [5.41, 5.74) is 0.915. The molecule has 0 saturated heterocycles. The van der Waals surface area contributed by atoms with E-state index in [0.717, 1.165) is 18.9 Å². The van der Waals surface area contributed by atoms with Gasteiger partial charge >= 0.3 is 5.97 Å². The molecule has 1 N–H and O–H groups in total. The first-order valence-electron chi connectivity index (χ1n) is 6.49. The standard InChI is InChI=1S/C16H16FNO2/c1-2-10-18(11-12-6-7-12)16-13(8-9-15(19)20)4-3-5-14(16)17/h1,3-5,8-9,12H,6-7,10-11H2,(H,19,20)/b9-8+. The van der Waals surface area contributed by atoms with Crippen molar-refractivity contribution < 1.29 is 14.3 Å². The first-order valence-corrected chi connectivity index (χ1v) is 6.49. The number of carboxylic acids is 1. The van der Waals surface area contributed by atoms with Crippen LogP contribution in [0.25, 0.3) is 6.08 Å². The van der Waals surface area contributed by atoms with E-state index in [1.165, 1.54) is 12.1 Å². The lowest BCUT2D eigenvalue weighted by Crippen LogP contribution is -2.27. The van der Waals surface area contributed by atoms with Crippen molar-refractivity contribution in [1.29, 1.82) is 0 Å². The van der Waals surface area contributed by atoms with Crippen molar-refractivity contribution in [2.24, 2.45) is 5.92 Å². The lowest BCUT2D eigenvalue weighted by atomic mass is 10.1. The molecule has 1 aromatic rings. The van der Waals surface area contributed by atoms with Crippen LogP contribution in [0.1, 0.15) is 18.4 Å². The zero-order chi connectivity index (χ0) is 14.5. The molecule has 0 aromatic heterocycles. The number of benzene rings is 1. The van der Waals surface area contributed by atoms with Gasteiger partial charge in [-0.3, -0.25) is 0 Å². The minimum Gasteiger partial charge on any atom is -0.478 e. The molecule has 104 valence electrons. The first kappa shape index (κ1) is 14.1. The maximum absolute atomic E-state index is 14.1. The van der Waals surface area contributed by atoms with Gasteiger partial charge in [-0.25, -0.2) is 9.18 Å². The molecule has 1 aliphatic rings. The topological polar surface area (TPSA) is 40.5 Å². The summed E-state index contributed by atoms with van der Waals surface area (Å²) in [6.45, 7) is 1.02. The lowest BCUT2D eigenvalue weighted by molar-refractivity contribution is -0.131. The summed E-state index contributed by atoms with van der Waals surface area (Å²) < 4.78 is 14.1. The van der Waals surface area contributed by atoms with E-state index in [2.05, 4.69) is 5.92 Å². The normalized spacial score (nSPS) is 14.2. The minimum atomic E-state index is -1.06. The van der Waals surface area contributed by atoms with Gasteiger partial charge in [0.2, 0.25) is 0 Å². The van der Waals surface area contributed by atoms with E-state index in [4.69, 9.17) is 11.5 Å². The van der Waals surface area contributed by atoms with Crippen molar-refractivity contribution in [1.82, 2.24) is 0 Å². The average molecular weight is 273 g/mol. The van der Waals surface area contributed by atoms with E-state index < -0.39 is 5.97 Å². The molecule has 20 heavy (non-hydrogen) atoms. The maximum atomic E-state index is 14.1. The number of hydrogen-bond donors (Lipinski definition) is 1. The van der Waals surface area contributed by atoms with Crippen LogP contribution in [0.2, 0.25) is 0 Å². The number of nitrogens with zero attached hydrogens (tertiary/aromatic N) is 1. The number of carbonyl (C=O) groups is 1. The van der Waals surface area contributed by atoms with Gasteiger partial charge in [0.15, 0.2) is 0 Å². The third kappa shape index (κ3) is 3.61. The van der Waals surface area contributed by atoms with Gasteiger partial charge in [-0.05, 0) is 30.9 Å². The molecule has 0 bridgehead atoms. The average Bonchev–Trinajstić information content (AvgIpc) is 3.20. The molecule has 0 radical (unpaired) electrons. The van der Waals surface area contributed by atoms with E-state index in [9.17, 15) is 9.18 Å². The van der Waals surface area contributed by atoms with E-state index in [-0.39, 0.29) is 5.82 Å². The number of rotatable bonds is 6. The second kappa shape index (κ2) is 6.25. The van der Waals surface area contributed by atoms with Crippen LogP contribution in [-0.2, 0) is 4.79 Å². The summed E-state index contributed by atoms with van der Waals surface area (Å²) in [5, 5.41) is 8.71. The number of para-hydroxylation sites is 1. The van der Waals surface area contributed by atoms with Gasteiger partial charge in [0, 0.05) is 18.2 Å². The van der Waals surface area contributed by atoms with Crippen molar-refractivity contribution in [2.75, 3.05) is 18.0 Å². The van der Waals surface area contributed by atoms with Gasteiger partial charge in [-0.2, -0.15) is 0 Å². The molecule has 0 unspecified atom stereocenters. The zero-order valence-electron chi connectivity index (χ0n) is 11.1. The largest absolute Gasteiger partial charge is 0.478 e. The molecule has 0 spiro atoms. The summed E-state index contributed by atoms with van der Waals surface area (Å²) in [6.07, 6.45) is 10.0. The Hall–Kier alpha value is -2.28. The Kier molecular flexibility index (Phi) is 4.41. The molecule has 1 aromatic carbocycles. The predicted octanol–water partition coefficient (Wildman–Crippen LogP) is 2.77. The van der Waals surface area contributed by atoms with Crippen LogP contribution >= 0.6 is 0 Å². The van der Waals surface area contributed by atoms with Gasteiger partial charge in [-0.1, -0.05) is 18.1 Å². The van der Waals surface area contributed by atoms with Crippen molar-refractivity contribution in [2.45, 2.75) is 12.8 Å². The summed E-state index contributed by atoms with van der Waals surface area (Å²) in [7, 11) is 0.